The summed E-state index contributed by atoms with van der Waals surface area (Å²) in [4.78, 5) is 26.2. The minimum atomic E-state index is -2.77. The van der Waals surface area contributed by atoms with Crippen molar-refractivity contribution in [3.63, 3.8) is 0 Å². The molecule has 0 aliphatic heterocycles. The van der Waals surface area contributed by atoms with Crippen LogP contribution in [0.5, 0.6) is 5.88 Å². The SMILES string of the molecule is Cc1cc(OCc2c(F)cccc2F)n2nc(C3CC3)c(C(=O)NCC(C)(CC(F)F)NC(=O)OCc3ccccc3)c2c1. The smallest absolute Gasteiger partial charge is 0.407 e. The summed E-state index contributed by atoms with van der Waals surface area (Å²) in [5.74, 6) is -1.89. The van der Waals surface area contributed by atoms with Crippen LogP contribution in [0, 0.1) is 18.6 Å². The maximum absolute atomic E-state index is 14.2. The zero-order valence-corrected chi connectivity index (χ0v) is 24.2. The second kappa shape index (κ2) is 12.9. The van der Waals surface area contributed by atoms with Gasteiger partial charge in [0, 0.05) is 24.9 Å². The van der Waals surface area contributed by atoms with Crippen LogP contribution in [0.4, 0.5) is 22.4 Å². The van der Waals surface area contributed by atoms with Crippen LogP contribution in [0.25, 0.3) is 5.52 Å². The summed E-state index contributed by atoms with van der Waals surface area (Å²) in [5.41, 5.74) is 0.772. The van der Waals surface area contributed by atoms with Gasteiger partial charge in [0.25, 0.3) is 5.91 Å². The normalized spacial score (nSPS) is 14.3. The zero-order valence-electron chi connectivity index (χ0n) is 24.2. The number of hydrogen-bond acceptors (Lipinski definition) is 5. The molecule has 1 aliphatic carbocycles. The largest absolute Gasteiger partial charge is 0.473 e. The molecule has 44 heavy (non-hydrogen) atoms. The lowest BCUT2D eigenvalue weighted by Gasteiger charge is -2.30. The first-order chi connectivity index (χ1) is 21.0. The number of nitrogens with one attached hydrogen (secondary N) is 2. The van der Waals surface area contributed by atoms with E-state index >= 15 is 0 Å². The van der Waals surface area contributed by atoms with Gasteiger partial charge in [0.05, 0.1) is 27.9 Å². The molecular formula is C32H32F4N4O4. The van der Waals surface area contributed by atoms with Crippen LogP contribution in [0.3, 0.4) is 0 Å². The molecule has 2 amide bonds. The summed E-state index contributed by atoms with van der Waals surface area (Å²) < 4.78 is 68.0. The molecule has 0 spiro atoms. The number of ether oxygens (including phenoxy) is 2. The Kier molecular flexibility index (Phi) is 9.07. The lowest BCUT2D eigenvalue weighted by Crippen LogP contribution is -2.54. The standard InChI is InChI=1S/C32H32F4N4O4/c1-19-13-25-28(29(21-11-12-21)39-40(25)27(14-19)43-17-22-23(33)9-6-10-24(22)34)30(41)37-18-32(2,15-26(35)36)38-31(42)44-16-20-7-4-3-5-8-20/h3-10,13-14,21,26H,11-12,15-18H2,1-2H3,(H,37,41)(H,38,42). The summed E-state index contributed by atoms with van der Waals surface area (Å²) in [6.45, 7) is 2.39. The molecule has 12 heteroatoms. The third-order valence-electron chi connectivity index (χ3n) is 7.35. The monoisotopic (exact) mass is 612 g/mol. The van der Waals surface area contributed by atoms with E-state index in [1.54, 1.807) is 43.3 Å². The van der Waals surface area contributed by atoms with E-state index in [1.807, 2.05) is 6.07 Å². The average molecular weight is 613 g/mol. The highest BCUT2D eigenvalue weighted by atomic mass is 19.3. The van der Waals surface area contributed by atoms with Gasteiger partial charge in [-0.1, -0.05) is 36.4 Å². The van der Waals surface area contributed by atoms with Gasteiger partial charge in [0.2, 0.25) is 12.3 Å². The highest BCUT2D eigenvalue weighted by molar-refractivity contribution is 6.02. The molecule has 1 fully saturated rings. The summed E-state index contributed by atoms with van der Waals surface area (Å²) in [6, 6.07) is 15.8. The summed E-state index contributed by atoms with van der Waals surface area (Å²) >= 11 is 0. The van der Waals surface area contributed by atoms with E-state index in [4.69, 9.17) is 9.47 Å². The van der Waals surface area contributed by atoms with E-state index < -0.39 is 48.6 Å². The zero-order chi connectivity index (χ0) is 31.4. The van der Waals surface area contributed by atoms with Gasteiger partial charge in [-0.05, 0) is 56.0 Å². The van der Waals surface area contributed by atoms with Crippen LogP contribution < -0.4 is 15.4 Å². The van der Waals surface area contributed by atoms with Crippen LogP contribution in [0.1, 0.15) is 64.8 Å². The van der Waals surface area contributed by atoms with Crippen molar-refractivity contribution in [1.29, 1.82) is 0 Å². The quantitative estimate of drug-likeness (QED) is 0.180. The number of hydrogen-bond donors (Lipinski definition) is 2. The Balaban J connectivity index is 1.35. The third-order valence-corrected chi connectivity index (χ3v) is 7.35. The van der Waals surface area contributed by atoms with Crippen LogP contribution >= 0.6 is 0 Å². The van der Waals surface area contributed by atoms with Gasteiger partial charge in [0.1, 0.15) is 24.8 Å². The number of halogens is 4. The van der Waals surface area contributed by atoms with Crippen LogP contribution in [-0.2, 0) is 18.0 Å². The van der Waals surface area contributed by atoms with E-state index in [-0.39, 0.29) is 36.1 Å². The van der Waals surface area contributed by atoms with E-state index in [1.165, 1.54) is 17.5 Å². The Morgan fingerprint density at radius 3 is 2.41 bits per heavy atom. The molecule has 2 heterocycles. The van der Waals surface area contributed by atoms with Crippen molar-refractivity contribution in [3.8, 4) is 5.88 Å². The molecule has 1 unspecified atom stereocenters. The topological polar surface area (TPSA) is 94.0 Å². The average Bonchev–Trinajstić information content (AvgIpc) is 3.75. The number of nitrogens with zero attached hydrogens (tertiary/aromatic N) is 2. The lowest BCUT2D eigenvalue weighted by atomic mass is 9.97. The number of fused-ring (bicyclic) bond motifs is 1. The highest BCUT2D eigenvalue weighted by Crippen LogP contribution is 2.42. The van der Waals surface area contributed by atoms with Crippen LogP contribution in [-0.4, -0.2) is 40.1 Å². The van der Waals surface area contributed by atoms with Gasteiger partial charge >= 0.3 is 6.09 Å². The molecule has 0 bridgehead atoms. The van der Waals surface area contributed by atoms with Crippen molar-refractivity contribution in [3.05, 3.63) is 100 Å². The fraction of sp³-hybridized carbons (Fsp3) is 0.344. The number of pyridine rings is 1. The molecule has 5 rings (SSSR count). The molecule has 4 aromatic rings. The molecule has 2 aromatic carbocycles. The Hall–Kier alpha value is -4.61. The number of aryl methyl sites for hydroxylation is 1. The number of carbonyl (C=O) groups excluding carboxylic acids is 2. The molecule has 0 saturated heterocycles. The van der Waals surface area contributed by atoms with Crippen molar-refractivity contribution >= 4 is 17.5 Å². The Morgan fingerprint density at radius 1 is 1.05 bits per heavy atom. The molecule has 2 N–H and O–H groups in total. The lowest BCUT2D eigenvalue weighted by molar-refractivity contribution is 0.0783. The van der Waals surface area contributed by atoms with Crippen molar-refractivity contribution in [2.75, 3.05) is 6.54 Å². The van der Waals surface area contributed by atoms with E-state index in [0.29, 0.717) is 16.8 Å². The summed E-state index contributed by atoms with van der Waals surface area (Å²) in [6.07, 6.45) is -2.80. The van der Waals surface area contributed by atoms with Gasteiger partial charge in [-0.3, -0.25) is 4.79 Å². The first-order valence-electron chi connectivity index (χ1n) is 14.2. The second-order valence-electron chi connectivity index (χ2n) is 11.2. The van der Waals surface area contributed by atoms with Crippen LogP contribution in [0.2, 0.25) is 0 Å². The summed E-state index contributed by atoms with van der Waals surface area (Å²) in [5, 5.41) is 9.81. The van der Waals surface area contributed by atoms with Gasteiger partial charge in [-0.25, -0.2) is 22.4 Å². The molecule has 0 radical (unpaired) electrons. The van der Waals surface area contributed by atoms with Gasteiger partial charge in [-0.2, -0.15) is 9.61 Å². The molecule has 1 atom stereocenters. The number of benzene rings is 2. The van der Waals surface area contributed by atoms with Gasteiger partial charge in [-0.15, -0.1) is 0 Å². The number of amides is 2. The molecule has 1 saturated carbocycles. The van der Waals surface area contributed by atoms with Crippen molar-refractivity contribution in [2.45, 2.75) is 64.2 Å². The Labute approximate surface area is 251 Å². The van der Waals surface area contributed by atoms with Crippen LogP contribution in [0.15, 0.2) is 60.7 Å². The minimum Gasteiger partial charge on any atom is -0.473 e. The molecule has 1 aliphatic rings. The Bertz CT molecular complexity index is 1640. The molecule has 8 nitrogen and oxygen atoms in total. The molecular weight excluding hydrogens is 580 g/mol. The first-order valence-corrected chi connectivity index (χ1v) is 14.2. The van der Waals surface area contributed by atoms with Gasteiger partial charge < -0.3 is 20.1 Å². The fourth-order valence-electron chi connectivity index (χ4n) is 4.93. The first kappa shape index (κ1) is 30.8. The number of alkyl halides is 2. The van der Waals surface area contributed by atoms with E-state index in [2.05, 4.69) is 15.7 Å². The predicted molar refractivity (Wildman–Crippen MR) is 154 cm³/mol. The van der Waals surface area contributed by atoms with Gasteiger partial charge in [0.15, 0.2) is 0 Å². The van der Waals surface area contributed by atoms with Crippen molar-refractivity contribution < 1.29 is 36.6 Å². The highest BCUT2D eigenvalue weighted by Gasteiger charge is 2.36. The van der Waals surface area contributed by atoms with Crippen molar-refractivity contribution in [1.82, 2.24) is 20.2 Å². The number of rotatable bonds is 12. The molecule has 2 aromatic heterocycles. The maximum atomic E-state index is 14.2. The molecule has 232 valence electrons. The maximum Gasteiger partial charge on any atom is 0.407 e. The van der Waals surface area contributed by atoms with E-state index in [9.17, 15) is 27.2 Å². The number of alkyl carbamates (subject to hydrolysis) is 1. The van der Waals surface area contributed by atoms with Crippen molar-refractivity contribution in [2.24, 2.45) is 0 Å². The Morgan fingerprint density at radius 2 is 1.75 bits per heavy atom. The number of aromatic nitrogens is 2. The number of carbonyl (C=O) groups is 2. The predicted octanol–water partition coefficient (Wildman–Crippen LogP) is 6.45. The second-order valence-corrected chi connectivity index (χ2v) is 11.2. The van der Waals surface area contributed by atoms with E-state index in [0.717, 1.165) is 30.5 Å². The minimum absolute atomic E-state index is 0.00588. The summed E-state index contributed by atoms with van der Waals surface area (Å²) in [7, 11) is 0. The fourth-order valence-corrected chi connectivity index (χ4v) is 4.93. The third kappa shape index (κ3) is 7.29.